The molecule has 108 valence electrons. The Hall–Kier alpha value is -1.99. The van der Waals surface area contributed by atoms with Crippen LogP contribution in [-0.2, 0) is 20.7 Å². The molecule has 3 N–H and O–H groups in total. The molecule has 0 bridgehead atoms. The zero-order valence-corrected chi connectivity index (χ0v) is 10.6. The largest absolute Gasteiger partial charge is 0.480 e. The van der Waals surface area contributed by atoms with E-state index < -0.39 is 24.5 Å². The topological polar surface area (TPSA) is 95.9 Å². The third-order valence-corrected chi connectivity index (χ3v) is 2.98. The Bertz CT molecular complexity index is 546. The number of carbonyl (C=O) groups is 2. The Morgan fingerprint density at radius 2 is 2.20 bits per heavy atom. The van der Waals surface area contributed by atoms with E-state index in [0.717, 1.165) is 11.6 Å². The maximum absolute atomic E-state index is 13.9. The lowest BCUT2D eigenvalue weighted by molar-refractivity contribution is -0.143. The first-order valence-electron chi connectivity index (χ1n) is 6.07. The van der Waals surface area contributed by atoms with Gasteiger partial charge in [0, 0.05) is 17.7 Å². The van der Waals surface area contributed by atoms with Crippen molar-refractivity contribution in [2.45, 2.75) is 18.9 Å². The second kappa shape index (κ2) is 5.98. The average Bonchev–Trinajstić information content (AvgIpc) is 2.37. The van der Waals surface area contributed by atoms with Gasteiger partial charge < -0.3 is 20.3 Å². The van der Waals surface area contributed by atoms with Crippen molar-refractivity contribution in [3.63, 3.8) is 0 Å². The molecule has 0 aliphatic carbocycles. The molecule has 1 amide bonds. The molecule has 0 saturated heterocycles. The van der Waals surface area contributed by atoms with Gasteiger partial charge in [-0.05, 0) is 24.1 Å². The summed E-state index contributed by atoms with van der Waals surface area (Å²) in [6, 6.07) is 2.63. The van der Waals surface area contributed by atoms with Crippen LogP contribution in [0, 0.1) is 5.82 Å². The van der Waals surface area contributed by atoms with E-state index in [2.05, 4.69) is 5.32 Å². The summed E-state index contributed by atoms with van der Waals surface area (Å²) in [5.41, 5.74) is 1.17. The van der Waals surface area contributed by atoms with Gasteiger partial charge in [-0.15, -0.1) is 0 Å². The molecular weight excluding hydrogens is 269 g/mol. The second-order valence-electron chi connectivity index (χ2n) is 4.50. The Morgan fingerprint density at radius 1 is 1.45 bits per heavy atom. The molecule has 7 heteroatoms. The summed E-state index contributed by atoms with van der Waals surface area (Å²) in [6.45, 7) is -0.867. The Kier molecular flexibility index (Phi) is 4.31. The first-order valence-corrected chi connectivity index (χ1v) is 6.07. The predicted molar refractivity (Wildman–Crippen MR) is 66.8 cm³/mol. The number of aliphatic hydroxyl groups excluding tert-OH is 1. The molecule has 2 rings (SSSR count). The highest BCUT2D eigenvalue weighted by atomic mass is 19.1. The first kappa shape index (κ1) is 14.4. The van der Waals surface area contributed by atoms with Crippen molar-refractivity contribution in [1.29, 1.82) is 0 Å². The standard InChI is InChI=1S/C13H14FNO5/c14-9-4-10-7(1-2-12(17)15-10)3-8(9)11(16)5-20-6-13(18)19/h3-4,11,16H,1-2,5-6H2,(H,15,17)(H,18,19). The first-order chi connectivity index (χ1) is 9.47. The Labute approximate surface area is 114 Å². The Balaban J connectivity index is 2.12. The van der Waals surface area contributed by atoms with Gasteiger partial charge in [0.15, 0.2) is 0 Å². The number of amides is 1. The van der Waals surface area contributed by atoms with Gasteiger partial charge in [-0.2, -0.15) is 0 Å². The monoisotopic (exact) mass is 283 g/mol. The molecule has 0 saturated carbocycles. The van der Waals surface area contributed by atoms with E-state index in [1.165, 1.54) is 6.07 Å². The summed E-state index contributed by atoms with van der Waals surface area (Å²) >= 11 is 0. The van der Waals surface area contributed by atoms with E-state index in [1.807, 2.05) is 0 Å². The average molecular weight is 283 g/mol. The van der Waals surface area contributed by atoms with Gasteiger partial charge in [-0.1, -0.05) is 0 Å². The Morgan fingerprint density at radius 3 is 2.90 bits per heavy atom. The molecule has 0 spiro atoms. The highest BCUT2D eigenvalue weighted by molar-refractivity contribution is 5.93. The number of halogens is 1. The summed E-state index contributed by atoms with van der Waals surface area (Å²) in [5.74, 6) is -2.00. The van der Waals surface area contributed by atoms with Gasteiger partial charge in [-0.3, -0.25) is 4.79 Å². The smallest absolute Gasteiger partial charge is 0.329 e. The second-order valence-corrected chi connectivity index (χ2v) is 4.50. The molecule has 0 aromatic heterocycles. The molecule has 1 heterocycles. The molecular formula is C13H14FNO5. The van der Waals surface area contributed by atoms with Crippen molar-refractivity contribution in [2.24, 2.45) is 0 Å². The van der Waals surface area contributed by atoms with Crippen molar-refractivity contribution in [1.82, 2.24) is 0 Å². The van der Waals surface area contributed by atoms with Crippen molar-refractivity contribution < 1.29 is 28.9 Å². The number of carboxylic acid groups (broad SMARTS) is 1. The number of rotatable bonds is 5. The lowest BCUT2D eigenvalue weighted by Crippen LogP contribution is -2.20. The van der Waals surface area contributed by atoms with Crippen LogP contribution in [0.3, 0.4) is 0 Å². The summed E-state index contributed by atoms with van der Waals surface area (Å²) in [6.07, 6.45) is -0.474. The van der Waals surface area contributed by atoms with Gasteiger partial charge in [-0.25, -0.2) is 9.18 Å². The number of anilines is 1. The van der Waals surface area contributed by atoms with E-state index in [0.29, 0.717) is 18.5 Å². The third-order valence-electron chi connectivity index (χ3n) is 2.98. The maximum Gasteiger partial charge on any atom is 0.329 e. The summed E-state index contributed by atoms with van der Waals surface area (Å²) in [7, 11) is 0. The number of carboxylic acids is 1. The van der Waals surface area contributed by atoms with Crippen molar-refractivity contribution in [3.8, 4) is 0 Å². The molecule has 6 nitrogen and oxygen atoms in total. The molecule has 20 heavy (non-hydrogen) atoms. The maximum atomic E-state index is 13.9. The van der Waals surface area contributed by atoms with Gasteiger partial charge in [0.1, 0.15) is 18.5 Å². The van der Waals surface area contributed by atoms with E-state index in [4.69, 9.17) is 9.84 Å². The number of ether oxygens (including phenoxy) is 1. The SMILES string of the molecule is O=C(O)COCC(O)c1cc2c(cc1F)NC(=O)CC2. The van der Waals surface area contributed by atoms with Crippen LogP contribution in [0.15, 0.2) is 12.1 Å². The molecule has 1 atom stereocenters. The van der Waals surface area contributed by atoms with Crippen LogP contribution >= 0.6 is 0 Å². The minimum Gasteiger partial charge on any atom is -0.480 e. The minimum atomic E-state index is -1.25. The lowest BCUT2D eigenvalue weighted by Gasteiger charge is -2.20. The minimum absolute atomic E-state index is 0.0327. The molecule has 1 aromatic carbocycles. The van der Waals surface area contributed by atoms with E-state index in [1.54, 1.807) is 0 Å². The van der Waals surface area contributed by atoms with Crippen LogP contribution in [0.1, 0.15) is 23.7 Å². The van der Waals surface area contributed by atoms with Gasteiger partial charge in [0.25, 0.3) is 0 Å². The van der Waals surface area contributed by atoms with Crippen LogP contribution in [0.2, 0.25) is 0 Å². The van der Waals surface area contributed by atoms with Crippen LogP contribution in [0.25, 0.3) is 0 Å². The number of aliphatic carboxylic acids is 1. The number of hydrogen-bond acceptors (Lipinski definition) is 4. The van der Waals surface area contributed by atoms with E-state index in [9.17, 15) is 19.1 Å². The number of benzene rings is 1. The molecule has 0 radical (unpaired) electrons. The normalized spacial score (nSPS) is 15.4. The summed E-state index contributed by atoms with van der Waals surface area (Å²) in [5, 5.41) is 20.8. The van der Waals surface area contributed by atoms with Crippen LogP contribution in [0.4, 0.5) is 10.1 Å². The number of nitrogens with one attached hydrogen (secondary N) is 1. The van der Waals surface area contributed by atoms with Crippen molar-refractivity contribution in [3.05, 3.63) is 29.1 Å². The number of aliphatic hydroxyl groups is 1. The van der Waals surface area contributed by atoms with Crippen molar-refractivity contribution >= 4 is 17.6 Å². The van der Waals surface area contributed by atoms with Crippen LogP contribution in [0.5, 0.6) is 0 Å². The molecule has 1 unspecified atom stereocenters. The molecule has 1 aliphatic heterocycles. The fourth-order valence-corrected chi connectivity index (χ4v) is 2.02. The molecule has 1 aliphatic rings. The fourth-order valence-electron chi connectivity index (χ4n) is 2.02. The highest BCUT2D eigenvalue weighted by Crippen LogP contribution is 2.28. The van der Waals surface area contributed by atoms with Crippen LogP contribution < -0.4 is 5.32 Å². The molecule has 0 fully saturated rings. The number of fused-ring (bicyclic) bond motifs is 1. The highest BCUT2D eigenvalue weighted by Gasteiger charge is 2.21. The lowest BCUT2D eigenvalue weighted by atomic mass is 9.98. The predicted octanol–water partition coefficient (Wildman–Crippen LogP) is 0.845. The number of carbonyl (C=O) groups excluding carboxylic acids is 1. The number of hydrogen-bond donors (Lipinski definition) is 3. The third kappa shape index (κ3) is 3.31. The van der Waals surface area contributed by atoms with Gasteiger partial charge >= 0.3 is 5.97 Å². The van der Waals surface area contributed by atoms with Gasteiger partial charge in [0.2, 0.25) is 5.91 Å². The van der Waals surface area contributed by atoms with Crippen LogP contribution in [-0.4, -0.2) is 35.3 Å². The van der Waals surface area contributed by atoms with E-state index >= 15 is 0 Å². The zero-order chi connectivity index (χ0) is 14.7. The van der Waals surface area contributed by atoms with Crippen molar-refractivity contribution in [2.75, 3.05) is 18.5 Å². The summed E-state index contributed by atoms with van der Waals surface area (Å²) in [4.78, 5) is 21.5. The quantitative estimate of drug-likeness (QED) is 0.744. The van der Waals surface area contributed by atoms with Gasteiger partial charge in [0.05, 0.1) is 6.61 Å². The fraction of sp³-hybridized carbons (Fsp3) is 0.385. The zero-order valence-electron chi connectivity index (χ0n) is 10.6. The van der Waals surface area contributed by atoms with E-state index in [-0.39, 0.29) is 18.1 Å². The summed E-state index contributed by atoms with van der Waals surface area (Å²) < 4.78 is 18.6. The molecule has 1 aromatic rings. The number of aryl methyl sites for hydroxylation is 1.